The van der Waals surface area contributed by atoms with Gasteiger partial charge in [0, 0.05) is 32.5 Å². The third kappa shape index (κ3) is 4.26. The number of nitrogens with one attached hydrogen (secondary N) is 1. The number of carbonyl (C=O) groups excluding carboxylic acids is 1. The van der Waals surface area contributed by atoms with E-state index < -0.39 is 5.91 Å². The van der Waals surface area contributed by atoms with Gasteiger partial charge in [0.2, 0.25) is 5.95 Å². The average Bonchev–Trinajstić information content (AvgIpc) is 3.44. The Bertz CT molecular complexity index is 1340. The van der Waals surface area contributed by atoms with Crippen LogP contribution in [0.2, 0.25) is 0 Å². The number of hydrogen-bond acceptors (Lipinski definition) is 5. The summed E-state index contributed by atoms with van der Waals surface area (Å²) in [6.07, 6.45) is 6.69. The van der Waals surface area contributed by atoms with E-state index in [0.717, 1.165) is 22.7 Å². The molecule has 1 aliphatic rings. The van der Waals surface area contributed by atoms with Crippen molar-refractivity contribution in [3.8, 4) is 11.5 Å². The van der Waals surface area contributed by atoms with Gasteiger partial charge in [-0.25, -0.2) is 4.98 Å². The summed E-state index contributed by atoms with van der Waals surface area (Å²) in [6, 6.07) is 15.5. The maximum atomic E-state index is 11.4. The van der Waals surface area contributed by atoms with Crippen LogP contribution >= 0.6 is 0 Å². The minimum Gasteiger partial charge on any atom is -0.457 e. The van der Waals surface area contributed by atoms with Crippen LogP contribution in [-0.2, 0) is 7.05 Å². The number of pyridine rings is 1. The summed E-state index contributed by atoms with van der Waals surface area (Å²) in [5.74, 6) is 1.95. The molecule has 4 aromatic rings. The summed E-state index contributed by atoms with van der Waals surface area (Å²) in [4.78, 5) is 20.1. The Labute approximate surface area is 194 Å². The molecule has 7 nitrogen and oxygen atoms in total. The molecule has 2 aromatic heterocycles. The van der Waals surface area contributed by atoms with Gasteiger partial charge >= 0.3 is 0 Å². The molecule has 2 aromatic carbocycles. The smallest absolute Gasteiger partial charge is 0.267 e. The summed E-state index contributed by atoms with van der Waals surface area (Å²) < 4.78 is 7.95. The number of fused-ring (bicyclic) bond motifs is 1. The fourth-order valence-corrected chi connectivity index (χ4v) is 4.62. The number of aromatic nitrogens is 3. The van der Waals surface area contributed by atoms with Gasteiger partial charge in [0.05, 0.1) is 11.0 Å². The zero-order valence-electron chi connectivity index (χ0n) is 18.8. The SMILES string of the molecule is Cc1ccc(Nc2nc3cc(Oc4ccnc(C(N)=O)c4)ccc3n2C)cc1C1CCCC1.[HH]. The minimum absolute atomic E-state index is 0. The predicted octanol–water partition coefficient (Wildman–Crippen LogP) is 5.82. The Morgan fingerprint density at radius 3 is 2.70 bits per heavy atom. The fourth-order valence-electron chi connectivity index (χ4n) is 4.62. The lowest BCUT2D eigenvalue weighted by Gasteiger charge is -2.15. The highest BCUT2D eigenvalue weighted by atomic mass is 16.5. The van der Waals surface area contributed by atoms with Gasteiger partial charge in [0.15, 0.2) is 0 Å². The number of amides is 1. The molecule has 33 heavy (non-hydrogen) atoms. The second-order valence-electron chi connectivity index (χ2n) is 8.67. The maximum Gasteiger partial charge on any atom is 0.267 e. The first-order chi connectivity index (χ1) is 16.0. The first-order valence-corrected chi connectivity index (χ1v) is 11.3. The third-order valence-corrected chi connectivity index (χ3v) is 6.40. The van der Waals surface area contributed by atoms with Gasteiger partial charge in [-0.1, -0.05) is 18.9 Å². The molecule has 0 saturated heterocycles. The molecule has 0 bridgehead atoms. The van der Waals surface area contributed by atoms with E-state index in [2.05, 4.69) is 35.4 Å². The quantitative estimate of drug-likeness (QED) is 0.392. The van der Waals surface area contributed by atoms with Crippen molar-refractivity contribution in [2.75, 3.05) is 5.32 Å². The number of anilines is 2. The van der Waals surface area contributed by atoms with E-state index in [0.29, 0.717) is 17.4 Å². The van der Waals surface area contributed by atoms with Crippen LogP contribution in [0.15, 0.2) is 54.7 Å². The number of primary amides is 1. The van der Waals surface area contributed by atoms with E-state index >= 15 is 0 Å². The topological polar surface area (TPSA) is 95.1 Å². The van der Waals surface area contributed by atoms with E-state index in [4.69, 9.17) is 15.5 Å². The molecule has 5 rings (SSSR count). The summed E-state index contributed by atoms with van der Waals surface area (Å²) >= 11 is 0. The maximum absolute atomic E-state index is 11.4. The third-order valence-electron chi connectivity index (χ3n) is 6.40. The van der Waals surface area contributed by atoms with Crippen molar-refractivity contribution in [3.05, 3.63) is 71.5 Å². The van der Waals surface area contributed by atoms with E-state index in [1.807, 2.05) is 29.8 Å². The lowest BCUT2D eigenvalue weighted by molar-refractivity contribution is 0.0995. The molecule has 7 heteroatoms. The molecule has 0 radical (unpaired) electrons. The van der Waals surface area contributed by atoms with Gasteiger partial charge in [0.1, 0.15) is 17.2 Å². The molecule has 1 saturated carbocycles. The van der Waals surface area contributed by atoms with Crippen LogP contribution in [0.1, 0.15) is 54.6 Å². The zero-order valence-corrected chi connectivity index (χ0v) is 18.8. The zero-order chi connectivity index (χ0) is 22.9. The highest BCUT2D eigenvalue weighted by Crippen LogP contribution is 2.37. The number of nitrogens with two attached hydrogens (primary N) is 1. The predicted molar refractivity (Wildman–Crippen MR) is 131 cm³/mol. The summed E-state index contributed by atoms with van der Waals surface area (Å²) in [6.45, 7) is 2.20. The van der Waals surface area contributed by atoms with Crippen molar-refractivity contribution in [2.24, 2.45) is 12.8 Å². The number of imidazole rings is 1. The van der Waals surface area contributed by atoms with Gasteiger partial charge in [-0.15, -0.1) is 0 Å². The molecule has 170 valence electrons. The number of aryl methyl sites for hydroxylation is 2. The number of nitrogens with zero attached hydrogens (tertiary/aromatic N) is 3. The Morgan fingerprint density at radius 2 is 1.91 bits per heavy atom. The molecule has 0 aliphatic heterocycles. The van der Waals surface area contributed by atoms with Crippen LogP contribution in [0.3, 0.4) is 0 Å². The van der Waals surface area contributed by atoms with Crippen molar-refractivity contribution in [1.82, 2.24) is 14.5 Å². The van der Waals surface area contributed by atoms with Gasteiger partial charge in [0.25, 0.3) is 5.91 Å². The highest BCUT2D eigenvalue weighted by Gasteiger charge is 2.19. The largest absolute Gasteiger partial charge is 0.457 e. The van der Waals surface area contributed by atoms with E-state index in [-0.39, 0.29) is 7.12 Å². The Balaban J connectivity index is 0.00000274. The first-order valence-electron chi connectivity index (χ1n) is 11.3. The van der Waals surface area contributed by atoms with Crippen molar-refractivity contribution < 1.29 is 11.0 Å². The van der Waals surface area contributed by atoms with Crippen LogP contribution in [0.4, 0.5) is 11.6 Å². The van der Waals surface area contributed by atoms with Gasteiger partial charge in [-0.3, -0.25) is 9.78 Å². The molecule has 0 unspecified atom stereocenters. The molecule has 0 spiro atoms. The highest BCUT2D eigenvalue weighted by molar-refractivity contribution is 5.91. The molecule has 1 aliphatic carbocycles. The second kappa shape index (κ2) is 8.58. The Kier molecular flexibility index (Phi) is 5.46. The van der Waals surface area contributed by atoms with Crippen molar-refractivity contribution >= 4 is 28.6 Å². The summed E-state index contributed by atoms with van der Waals surface area (Å²) in [5, 5.41) is 3.49. The minimum atomic E-state index is -0.594. The van der Waals surface area contributed by atoms with Gasteiger partial charge in [-0.2, -0.15) is 0 Å². The first kappa shape index (κ1) is 21.0. The van der Waals surface area contributed by atoms with E-state index in [1.165, 1.54) is 49.1 Å². The molecule has 1 amide bonds. The van der Waals surface area contributed by atoms with E-state index in [9.17, 15) is 4.79 Å². The molecule has 0 atom stereocenters. The van der Waals surface area contributed by atoms with Crippen LogP contribution in [-0.4, -0.2) is 20.4 Å². The lowest BCUT2D eigenvalue weighted by atomic mass is 9.93. The monoisotopic (exact) mass is 443 g/mol. The van der Waals surface area contributed by atoms with Crippen molar-refractivity contribution in [2.45, 2.75) is 38.5 Å². The van der Waals surface area contributed by atoms with Crippen molar-refractivity contribution in [1.29, 1.82) is 0 Å². The molecular weight excluding hydrogens is 414 g/mol. The summed E-state index contributed by atoms with van der Waals surface area (Å²) in [5.41, 5.74) is 11.1. The molecule has 2 heterocycles. The second-order valence-corrected chi connectivity index (χ2v) is 8.67. The molecule has 1 fully saturated rings. The number of rotatable bonds is 6. The molecule has 3 N–H and O–H groups in total. The number of ether oxygens (including phenoxy) is 1. The fraction of sp³-hybridized carbons (Fsp3) is 0.269. The van der Waals surface area contributed by atoms with Crippen LogP contribution in [0, 0.1) is 6.92 Å². The lowest BCUT2D eigenvalue weighted by Crippen LogP contribution is -2.12. The summed E-state index contributed by atoms with van der Waals surface area (Å²) in [7, 11) is 1.99. The van der Waals surface area contributed by atoms with Crippen LogP contribution in [0.5, 0.6) is 11.5 Å². The average molecular weight is 444 g/mol. The Hall–Kier alpha value is -3.87. The van der Waals surface area contributed by atoms with Gasteiger partial charge in [-0.05, 0) is 67.1 Å². The van der Waals surface area contributed by atoms with Crippen LogP contribution < -0.4 is 15.8 Å². The van der Waals surface area contributed by atoms with E-state index in [1.54, 1.807) is 6.07 Å². The standard InChI is InChI=1S/C26H27N5O2.H2/c1-16-7-8-18(13-21(16)17-5-3-4-6-17)29-26-30-22-14-19(9-10-24(22)31(26)2)33-20-11-12-28-23(15-20)25(27)32;/h7-15,17H,3-6H2,1-2H3,(H2,27,32)(H,29,30);1H. The molecular formula is C26H29N5O2. The number of benzene rings is 2. The normalized spacial score (nSPS) is 14.0. The van der Waals surface area contributed by atoms with Crippen molar-refractivity contribution in [3.63, 3.8) is 0 Å². The number of carbonyl (C=O) groups is 1. The Morgan fingerprint density at radius 1 is 1.12 bits per heavy atom. The van der Waals surface area contributed by atoms with Crippen LogP contribution in [0.25, 0.3) is 11.0 Å². The van der Waals surface area contributed by atoms with Gasteiger partial charge < -0.3 is 20.4 Å². The number of hydrogen-bond donors (Lipinski definition) is 2.